The van der Waals surface area contributed by atoms with Gasteiger partial charge in [0, 0.05) is 13.5 Å². The van der Waals surface area contributed by atoms with Crippen molar-refractivity contribution in [1.82, 2.24) is 0 Å². The van der Waals surface area contributed by atoms with E-state index < -0.39 is 23.8 Å². The van der Waals surface area contributed by atoms with Crippen LogP contribution in [0.25, 0.3) is 0 Å². The molecule has 1 unspecified atom stereocenters. The van der Waals surface area contributed by atoms with E-state index in [1.165, 1.54) is 84.1 Å². The monoisotopic (exact) mass is 586 g/mol. The average Bonchev–Trinajstić information content (AvgIpc) is 2.95. The van der Waals surface area contributed by atoms with E-state index in [4.69, 9.17) is 9.47 Å². The van der Waals surface area contributed by atoms with Gasteiger partial charge < -0.3 is 14.2 Å². The fourth-order valence-electron chi connectivity index (χ4n) is 5.01. The standard InChI is InChI=1S/C33H53F3O5/c1-4-5-17-20-29(41-32(38)31(40-3)27-23-25-28(26-24-27)33(34,35)36)21-18-15-13-11-9-7-6-8-10-12-14-16-19-22-30(37)39-2/h23-26,29,31H,4-22H2,1-3H3/t29-,31?/m1/s1. The summed E-state index contributed by atoms with van der Waals surface area (Å²) in [6.07, 6.45) is 14.8. The molecular weight excluding hydrogens is 533 g/mol. The van der Waals surface area contributed by atoms with Gasteiger partial charge in [-0.25, -0.2) is 4.79 Å². The summed E-state index contributed by atoms with van der Waals surface area (Å²) in [7, 11) is 2.80. The number of carbonyl (C=O) groups is 2. The summed E-state index contributed by atoms with van der Waals surface area (Å²) in [5.74, 6) is -0.662. The maximum atomic E-state index is 12.9. The lowest BCUT2D eigenvalue weighted by atomic mass is 10.0. The van der Waals surface area contributed by atoms with Crippen LogP contribution in [0.4, 0.5) is 13.2 Å². The predicted octanol–water partition coefficient (Wildman–Crippen LogP) is 9.91. The predicted molar refractivity (Wildman–Crippen MR) is 156 cm³/mol. The third-order valence-electron chi connectivity index (χ3n) is 7.54. The highest BCUT2D eigenvalue weighted by Gasteiger charge is 2.31. The molecule has 236 valence electrons. The molecule has 0 saturated heterocycles. The molecule has 0 spiro atoms. The van der Waals surface area contributed by atoms with Crippen LogP contribution in [-0.4, -0.2) is 32.3 Å². The van der Waals surface area contributed by atoms with Gasteiger partial charge in [0.05, 0.1) is 12.7 Å². The van der Waals surface area contributed by atoms with Gasteiger partial charge in [-0.15, -0.1) is 0 Å². The van der Waals surface area contributed by atoms with Gasteiger partial charge >= 0.3 is 18.1 Å². The van der Waals surface area contributed by atoms with Crippen LogP contribution in [0.15, 0.2) is 24.3 Å². The third-order valence-corrected chi connectivity index (χ3v) is 7.54. The molecule has 0 aliphatic carbocycles. The van der Waals surface area contributed by atoms with Crippen molar-refractivity contribution in [1.29, 1.82) is 0 Å². The van der Waals surface area contributed by atoms with Crippen LogP contribution in [0.1, 0.15) is 146 Å². The lowest BCUT2D eigenvalue weighted by Gasteiger charge is -2.22. The first kappa shape index (κ1) is 36.9. The number of hydrogen-bond acceptors (Lipinski definition) is 5. The number of halogens is 3. The molecule has 1 aromatic carbocycles. The van der Waals surface area contributed by atoms with Crippen molar-refractivity contribution in [3.63, 3.8) is 0 Å². The summed E-state index contributed by atoms with van der Waals surface area (Å²) in [5, 5.41) is 0. The Morgan fingerprint density at radius 1 is 0.707 bits per heavy atom. The molecule has 5 nitrogen and oxygen atoms in total. The molecule has 1 aromatic rings. The summed E-state index contributed by atoms with van der Waals surface area (Å²) >= 11 is 0. The number of esters is 2. The van der Waals surface area contributed by atoms with Crippen molar-refractivity contribution in [3.8, 4) is 0 Å². The highest BCUT2D eigenvalue weighted by atomic mass is 19.4. The molecule has 0 saturated carbocycles. The second kappa shape index (κ2) is 22.5. The maximum absolute atomic E-state index is 12.9. The minimum Gasteiger partial charge on any atom is -0.469 e. The smallest absolute Gasteiger partial charge is 0.416 e. The Hall–Kier alpha value is -2.09. The number of alkyl halides is 3. The fourth-order valence-corrected chi connectivity index (χ4v) is 5.01. The van der Waals surface area contributed by atoms with Crippen LogP contribution in [0.3, 0.4) is 0 Å². The SMILES string of the molecule is CCCCC[C@H](CCCCCCCCCCCCCCCC(=O)OC)OC(=O)C(OC)c1ccc(C(F)(F)F)cc1. The highest BCUT2D eigenvalue weighted by Crippen LogP contribution is 2.31. The number of ether oxygens (including phenoxy) is 3. The zero-order valence-electron chi connectivity index (χ0n) is 25.6. The minimum absolute atomic E-state index is 0.115. The van der Waals surface area contributed by atoms with Gasteiger partial charge in [0.2, 0.25) is 0 Å². The van der Waals surface area contributed by atoms with Gasteiger partial charge in [-0.3, -0.25) is 4.79 Å². The molecule has 0 heterocycles. The lowest BCUT2D eigenvalue weighted by molar-refractivity contribution is -0.162. The quantitative estimate of drug-likeness (QED) is 0.0891. The molecule has 0 N–H and O–H groups in total. The zero-order chi connectivity index (χ0) is 30.3. The number of carbonyl (C=O) groups excluding carboxylic acids is 2. The molecular formula is C33H53F3O5. The van der Waals surface area contributed by atoms with Crippen LogP contribution in [0.2, 0.25) is 0 Å². The Balaban J connectivity index is 2.27. The van der Waals surface area contributed by atoms with E-state index in [-0.39, 0.29) is 12.1 Å². The molecule has 0 aliphatic rings. The second-order valence-corrected chi connectivity index (χ2v) is 11.0. The van der Waals surface area contributed by atoms with E-state index in [2.05, 4.69) is 11.7 Å². The Morgan fingerprint density at radius 3 is 1.61 bits per heavy atom. The molecule has 2 atom stereocenters. The van der Waals surface area contributed by atoms with E-state index in [1.54, 1.807) is 0 Å². The van der Waals surface area contributed by atoms with E-state index >= 15 is 0 Å². The average molecular weight is 587 g/mol. The number of benzene rings is 1. The molecule has 0 aliphatic heterocycles. The van der Waals surface area contributed by atoms with Crippen LogP contribution < -0.4 is 0 Å². The number of unbranched alkanes of at least 4 members (excludes halogenated alkanes) is 14. The number of rotatable bonds is 24. The van der Waals surface area contributed by atoms with Gasteiger partial charge in [0.25, 0.3) is 0 Å². The van der Waals surface area contributed by atoms with E-state index in [0.29, 0.717) is 12.0 Å². The summed E-state index contributed by atoms with van der Waals surface area (Å²) in [6, 6.07) is 4.48. The Bertz CT molecular complexity index is 810. The fraction of sp³-hybridized carbons (Fsp3) is 0.758. The van der Waals surface area contributed by atoms with Crippen LogP contribution in [0.5, 0.6) is 0 Å². The van der Waals surface area contributed by atoms with E-state index in [0.717, 1.165) is 69.9 Å². The lowest BCUT2D eigenvalue weighted by Crippen LogP contribution is -2.24. The maximum Gasteiger partial charge on any atom is 0.416 e. The van der Waals surface area contributed by atoms with Crippen molar-refractivity contribution in [2.45, 2.75) is 147 Å². The molecule has 0 radical (unpaired) electrons. The normalized spacial score (nSPS) is 13.1. The van der Waals surface area contributed by atoms with Crippen molar-refractivity contribution >= 4 is 11.9 Å². The van der Waals surface area contributed by atoms with Gasteiger partial charge in [-0.05, 0) is 49.8 Å². The first-order valence-corrected chi connectivity index (χ1v) is 15.7. The third kappa shape index (κ3) is 17.5. The van der Waals surface area contributed by atoms with Gasteiger partial charge in [0.1, 0.15) is 6.10 Å². The Morgan fingerprint density at radius 2 is 1.17 bits per heavy atom. The summed E-state index contributed by atoms with van der Waals surface area (Å²) in [4.78, 5) is 24.0. The first-order chi connectivity index (χ1) is 19.7. The van der Waals surface area contributed by atoms with Gasteiger partial charge in [-0.1, -0.05) is 103 Å². The van der Waals surface area contributed by atoms with E-state index in [1.807, 2.05) is 0 Å². The number of hydrogen-bond donors (Lipinski definition) is 0. The van der Waals surface area contributed by atoms with Crippen molar-refractivity contribution in [2.75, 3.05) is 14.2 Å². The molecule has 0 bridgehead atoms. The van der Waals surface area contributed by atoms with Gasteiger partial charge in [0.15, 0.2) is 6.10 Å². The molecule has 1 rings (SSSR count). The summed E-state index contributed by atoms with van der Waals surface area (Å²) in [6.45, 7) is 2.13. The zero-order valence-corrected chi connectivity index (χ0v) is 25.6. The van der Waals surface area contributed by atoms with Crippen molar-refractivity contribution < 1.29 is 37.0 Å². The Labute approximate surface area is 245 Å². The van der Waals surface area contributed by atoms with Gasteiger partial charge in [-0.2, -0.15) is 13.2 Å². The topological polar surface area (TPSA) is 61.8 Å². The molecule has 0 fully saturated rings. The summed E-state index contributed by atoms with van der Waals surface area (Å²) in [5.41, 5.74) is -0.407. The second-order valence-electron chi connectivity index (χ2n) is 11.0. The Kier molecular flexibility index (Phi) is 20.3. The molecule has 41 heavy (non-hydrogen) atoms. The van der Waals surface area contributed by atoms with Crippen LogP contribution in [0, 0.1) is 0 Å². The molecule has 0 aromatic heterocycles. The summed E-state index contributed by atoms with van der Waals surface area (Å²) < 4.78 is 54.5. The van der Waals surface area contributed by atoms with E-state index in [9.17, 15) is 22.8 Å². The minimum atomic E-state index is -4.43. The van der Waals surface area contributed by atoms with Crippen LogP contribution in [-0.2, 0) is 30.0 Å². The van der Waals surface area contributed by atoms with Crippen LogP contribution >= 0.6 is 0 Å². The van der Waals surface area contributed by atoms with Crippen molar-refractivity contribution in [3.05, 3.63) is 35.4 Å². The highest BCUT2D eigenvalue weighted by molar-refractivity contribution is 5.76. The molecule has 8 heteroatoms. The molecule has 0 amide bonds. The first-order valence-electron chi connectivity index (χ1n) is 15.7. The van der Waals surface area contributed by atoms with Crippen molar-refractivity contribution in [2.24, 2.45) is 0 Å². The number of methoxy groups -OCH3 is 2. The largest absolute Gasteiger partial charge is 0.469 e.